The number of hydrogen-bond acceptors (Lipinski definition) is 0. The van der Waals surface area contributed by atoms with Gasteiger partial charge in [-0.2, -0.15) is 0 Å². The Bertz CT molecular complexity index is 24.8. The first kappa shape index (κ1) is 5.38. The molecule has 0 fully saturated rings. The first-order chi connectivity index (χ1) is 2.41. The van der Waals surface area contributed by atoms with Crippen LogP contribution in [0.15, 0.2) is 0 Å². The van der Waals surface area contributed by atoms with Crippen molar-refractivity contribution in [3.8, 4) is 0 Å². The molecule has 0 aliphatic carbocycles. The molecule has 0 aliphatic rings. The fourth-order valence-electron chi connectivity index (χ4n) is 0.0680. The van der Waals surface area contributed by atoms with Crippen LogP contribution in [0.5, 0.6) is 0 Å². The minimum absolute atomic E-state index is 0.960. The van der Waals surface area contributed by atoms with Gasteiger partial charge in [-0.1, -0.05) is 0 Å². The summed E-state index contributed by atoms with van der Waals surface area (Å²) in [6, 6.07) is 0. The third kappa shape index (κ3) is 4.38. The topological polar surface area (TPSA) is 0 Å². The molecule has 0 unspecified atom stereocenters. The molecule has 0 bridgehead atoms. The maximum atomic E-state index is 3.88. The monoisotopic (exact) mass is 114 g/mol. The van der Waals surface area contributed by atoms with Crippen LogP contribution in [-0.4, -0.2) is 4.96 Å². The summed E-state index contributed by atoms with van der Waals surface area (Å²) in [5.74, 6) is 0. The zero-order chi connectivity index (χ0) is 4.12. The van der Waals surface area contributed by atoms with E-state index in [2.05, 4.69) is 22.2 Å². The van der Waals surface area contributed by atoms with Crippen molar-refractivity contribution in [3.05, 3.63) is 6.92 Å². The van der Waals surface area contributed by atoms with Crippen LogP contribution in [0.2, 0.25) is 0 Å². The van der Waals surface area contributed by atoms with Crippen LogP contribution in [0.3, 0.4) is 0 Å². The molecule has 5 heavy (non-hydrogen) atoms. The van der Waals surface area contributed by atoms with E-state index in [4.69, 9.17) is 0 Å². The Morgan fingerprint density at radius 2 is 2.40 bits per heavy atom. The molecule has 0 aliphatic heterocycles. The van der Waals surface area contributed by atoms with Crippen LogP contribution < -0.4 is 0 Å². The predicted molar refractivity (Wildman–Crippen MR) is 20.7 cm³/mol. The van der Waals surface area contributed by atoms with Crippen LogP contribution in [0.1, 0.15) is 12.8 Å². The summed E-state index contributed by atoms with van der Waals surface area (Å²) in [5, 5.41) is 0. The Morgan fingerprint density at radius 1 is 1.80 bits per heavy atom. The molecular weight excluding hydrogens is 107 g/mol. The van der Waals surface area contributed by atoms with E-state index < -0.39 is 0 Å². The van der Waals surface area contributed by atoms with Crippen molar-refractivity contribution in [2.75, 3.05) is 0 Å². The second kappa shape index (κ2) is 4.38. The van der Waals surface area contributed by atoms with Gasteiger partial charge in [-0.3, -0.25) is 0 Å². The summed E-state index contributed by atoms with van der Waals surface area (Å²) in [6.07, 6.45) is 1.97. The molecule has 0 amide bonds. The fourth-order valence-corrected chi connectivity index (χ4v) is 0.281. The molecule has 0 spiro atoms. The van der Waals surface area contributed by atoms with Gasteiger partial charge in [0, 0.05) is 0 Å². The number of rotatable bonds is 2. The summed E-state index contributed by atoms with van der Waals surface area (Å²) in [5.41, 5.74) is 0. The van der Waals surface area contributed by atoms with Crippen molar-refractivity contribution in [1.29, 1.82) is 0 Å². The number of unbranched alkanes of at least 4 members (excludes halogenated alkanes) is 1. The molecule has 1 heteroatoms. The summed E-state index contributed by atoms with van der Waals surface area (Å²) < 4.78 is 0. The third-order valence-corrected chi connectivity index (χ3v) is 0.601. The quantitative estimate of drug-likeness (QED) is 0.469. The van der Waals surface area contributed by atoms with Gasteiger partial charge in [0.1, 0.15) is 0 Å². The zero-order valence-electron chi connectivity index (χ0n) is 3.03. The normalized spacial score (nSPS) is 7.60. The van der Waals surface area contributed by atoms with Gasteiger partial charge in [0.15, 0.2) is 0 Å². The van der Waals surface area contributed by atoms with E-state index >= 15 is 0 Å². The molecule has 0 radical (unpaired) electrons. The van der Waals surface area contributed by atoms with E-state index in [1.807, 2.05) is 0 Å². The van der Waals surface area contributed by atoms with E-state index in [0.717, 1.165) is 12.8 Å². The summed E-state index contributed by atoms with van der Waals surface area (Å²) in [7, 11) is 0. The van der Waals surface area contributed by atoms with Crippen LogP contribution in [0.25, 0.3) is 0 Å². The SMILES string of the molecule is [CH2-]CC[CH]=[Co]. The Kier molecular flexibility index (Phi) is 4.71. The van der Waals surface area contributed by atoms with Crippen molar-refractivity contribution < 1.29 is 15.3 Å². The van der Waals surface area contributed by atoms with Gasteiger partial charge in [0.05, 0.1) is 0 Å². The van der Waals surface area contributed by atoms with Gasteiger partial charge in [-0.05, 0) is 0 Å². The molecule has 0 atom stereocenters. The van der Waals surface area contributed by atoms with Crippen molar-refractivity contribution in [3.63, 3.8) is 0 Å². The maximum absolute atomic E-state index is 3.88. The molecule has 0 aromatic carbocycles. The van der Waals surface area contributed by atoms with Crippen LogP contribution in [0, 0.1) is 6.92 Å². The molecular formula is C4H7Co-. The van der Waals surface area contributed by atoms with E-state index in [-0.39, 0.29) is 0 Å². The molecule has 0 rings (SSSR count). The second-order valence-corrected chi connectivity index (χ2v) is 1.20. The molecule has 0 heterocycles. The van der Waals surface area contributed by atoms with E-state index in [1.54, 1.807) is 4.96 Å². The van der Waals surface area contributed by atoms with Gasteiger partial charge >= 0.3 is 40.0 Å². The molecule has 0 nitrogen and oxygen atoms in total. The second-order valence-electron chi connectivity index (χ2n) is 0.778. The Balaban J connectivity index is 2.40. The minimum atomic E-state index is 0.960. The molecule has 33 valence electrons. The Hall–Kier alpha value is 0.376. The van der Waals surface area contributed by atoms with Gasteiger partial charge < -0.3 is 0 Å². The van der Waals surface area contributed by atoms with E-state index in [9.17, 15) is 0 Å². The van der Waals surface area contributed by atoms with Crippen molar-refractivity contribution in [1.82, 2.24) is 0 Å². The molecule has 0 saturated carbocycles. The van der Waals surface area contributed by atoms with Crippen molar-refractivity contribution in [2.24, 2.45) is 0 Å². The number of hydrogen-bond donors (Lipinski definition) is 0. The molecule has 0 saturated heterocycles. The van der Waals surface area contributed by atoms with Gasteiger partial charge in [-0.15, -0.1) is 0 Å². The average molecular weight is 114 g/mol. The molecule has 0 aromatic heterocycles. The Labute approximate surface area is 40.7 Å². The van der Waals surface area contributed by atoms with Crippen LogP contribution in [-0.2, 0) is 15.3 Å². The van der Waals surface area contributed by atoms with E-state index in [1.165, 1.54) is 0 Å². The van der Waals surface area contributed by atoms with Crippen molar-refractivity contribution in [2.45, 2.75) is 12.8 Å². The summed E-state index contributed by atoms with van der Waals surface area (Å²) in [4.78, 5) is 1.81. The zero-order valence-corrected chi connectivity index (χ0v) is 4.07. The van der Waals surface area contributed by atoms with Gasteiger partial charge in [0.25, 0.3) is 0 Å². The predicted octanol–water partition coefficient (Wildman–Crippen LogP) is 0.950. The first-order valence-electron chi connectivity index (χ1n) is 1.60. The third-order valence-electron chi connectivity index (χ3n) is 0.300. The molecule has 0 aromatic rings. The first-order valence-corrected chi connectivity index (χ1v) is 2.20. The summed E-state index contributed by atoms with van der Waals surface area (Å²) in [6.45, 7) is 3.59. The van der Waals surface area contributed by atoms with Gasteiger partial charge in [-0.25, -0.2) is 0 Å². The standard InChI is InChI=1S/C4H7.Co/c1-3-4-2;/h1H,2-4H2;/q-1;. The van der Waals surface area contributed by atoms with Crippen LogP contribution in [0.4, 0.5) is 0 Å². The summed E-state index contributed by atoms with van der Waals surface area (Å²) >= 11 is 3.88. The average Bonchev–Trinajstić information content (AvgIpc) is 1.41. The van der Waals surface area contributed by atoms with Crippen molar-refractivity contribution >= 4 is 4.96 Å². The van der Waals surface area contributed by atoms with E-state index in [0.29, 0.717) is 0 Å². The van der Waals surface area contributed by atoms with Gasteiger partial charge in [0.2, 0.25) is 0 Å². The Morgan fingerprint density at radius 3 is 2.40 bits per heavy atom. The van der Waals surface area contributed by atoms with Crippen LogP contribution >= 0.6 is 0 Å². The fraction of sp³-hybridized carbons (Fsp3) is 0.500. The molecule has 0 N–H and O–H groups in total.